The van der Waals surface area contributed by atoms with Crippen LogP contribution in [0.4, 0.5) is 0 Å². The average molecular weight is 385 g/mol. The third kappa shape index (κ3) is 6.38. The topological polar surface area (TPSA) is 6.48 Å². The minimum atomic E-state index is 0. The third-order valence-corrected chi connectivity index (χ3v) is 7.84. The molecule has 1 saturated carbocycles. The standard InChI is InChI=1S/C23H44N2.ClH/c1-22(2,3)21-9-11-23(12-10-21)13-19-25(20-14-23)18-8-17-24-15-6-4-5-7-16-24;/h21H,4-20H2,1-3H3;1H. The van der Waals surface area contributed by atoms with Crippen molar-refractivity contribution in [2.75, 3.05) is 39.3 Å². The average Bonchev–Trinajstić information content (AvgIpc) is 2.85. The maximum Gasteiger partial charge on any atom is -0.000654 e. The number of likely N-dealkylation sites (tertiary alicyclic amines) is 2. The van der Waals surface area contributed by atoms with E-state index >= 15 is 0 Å². The van der Waals surface area contributed by atoms with Gasteiger partial charge in [0.05, 0.1) is 0 Å². The lowest BCUT2D eigenvalue weighted by atomic mass is 9.61. The fourth-order valence-electron chi connectivity index (χ4n) is 5.72. The van der Waals surface area contributed by atoms with Crippen molar-refractivity contribution in [1.29, 1.82) is 0 Å². The molecule has 3 rings (SSSR count). The summed E-state index contributed by atoms with van der Waals surface area (Å²) >= 11 is 0. The van der Waals surface area contributed by atoms with E-state index < -0.39 is 0 Å². The van der Waals surface area contributed by atoms with Gasteiger partial charge in [-0.05, 0) is 114 Å². The Balaban J connectivity index is 0.00000243. The van der Waals surface area contributed by atoms with E-state index in [9.17, 15) is 0 Å². The molecule has 0 aromatic rings. The number of rotatable bonds is 4. The molecule has 0 aromatic carbocycles. The number of nitrogens with zero attached hydrogens (tertiary/aromatic N) is 2. The molecule has 2 heterocycles. The quantitative estimate of drug-likeness (QED) is 0.587. The van der Waals surface area contributed by atoms with Crippen LogP contribution in [-0.4, -0.2) is 49.1 Å². The molecule has 0 aromatic heterocycles. The smallest absolute Gasteiger partial charge is 0.000654 e. The van der Waals surface area contributed by atoms with Crippen molar-refractivity contribution in [2.24, 2.45) is 16.7 Å². The van der Waals surface area contributed by atoms with Crippen molar-refractivity contribution in [3.05, 3.63) is 0 Å². The Morgan fingerprint density at radius 1 is 0.731 bits per heavy atom. The molecule has 2 saturated heterocycles. The van der Waals surface area contributed by atoms with E-state index in [4.69, 9.17) is 0 Å². The van der Waals surface area contributed by atoms with Gasteiger partial charge in [0.2, 0.25) is 0 Å². The molecular formula is C23H45ClN2. The summed E-state index contributed by atoms with van der Waals surface area (Å²) < 4.78 is 0. The lowest BCUT2D eigenvalue weighted by molar-refractivity contribution is 0.0277. The lowest BCUT2D eigenvalue weighted by Crippen LogP contribution is -2.43. The molecule has 2 nitrogen and oxygen atoms in total. The van der Waals surface area contributed by atoms with Crippen LogP contribution < -0.4 is 0 Å². The number of hydrogen-bond acceptors (Lipinski definition) is 2. The lowest BCUT2D eigenvalue weighted by Gasteiger charge is -2.48. The van der Waals surface area contributed by atoms with Gasteiger partial charge in [-0.25, -0.2) is 0 Å². The zero-order valence-corrected chi connectivity index (χ0v) is 18.7. The Morgan fingerprint density at radius 3 is 1.73 bits per heavy atom. The van der Waals surface area contributed by atoms with E-state index in [1.807, 2.05) is 0 Å². The Kier molecular flexibility index (Phi) is 8.76. The minimum Gasteiger partial charge on any atom is -0.303 e. The predicted octanol–water partition coefficient (Wildman–Crippen LogP) is 5.99. The molecule has 3 fully saturated rings. The molecule has 3 aliphatic rings. The first-order valence-corrected chi connectivity index (χ1v) is 11.4. The molecule has 3 heteroatoms. The van der Waals surface area contributed by atoms with Crippen LogP contribution in [-0.2, 0) is 0 Å². The maximum absolute atomic E-state index is 2.78. The van der Waals surface area contributed by atoms with Gasteiger partial charge < -0.3 is 9.80 Å². The first-order chi connectivity index (χ1) is 12.0. The molecule has 1 spiro atoms. The fraction of sp³-hybridized carbons (Fsp3) is 1.00. The van der Waals surface area contributed by atoms with E-state index in [2.05, 4.69) is 30.6 Å². The zero-order chi connectivity index (χ0) is 17.8. The number of hydrogen-bond donors (Lipinski definition) is 0. The van der Waals surface area contributed by atoms with Crippen LogP contribution in [0, 0.1) is 16.7 Å². The Hall–Kier alpha value is 0.210. The SMILES string of the molecule is CC(C)(C)C1CCC2(CC1)CCN(CCCN1CCCCCC1)CC2.Cl. The molecule has 2 aliphatic heterocycles. The normalized spacial score (nSPS) is 26.4. The monoisotopic (exact) mass is 384 g/mol. The Bertz CT molecular complexity index is 378. The summed E-state index contributed by atoms with van der Waals surface area (Å²) in [5.74, 6) is 0.963. The molecule has 1 aliphatic carbocycles. The van der Waals surface area contributed by atoms with Gasteiger partial charge in [0.1, 0.15) is 0 Å². The van der Waals surface area contributed by atoms with Gasteiger partial charge >= 0.3 is 0 Å². The van der Waals surface area contributed by atoms with Crippen LogP contribution in [0.1, 0.15) is 91.4 Å². The van der Waals surface area contributed by atoms with Crippen LogP contribution in [0.15, 0.2) is 0 Å². The second-order valence-electron chi connectivity index (χ2n) is 10.6. The van der Waals surface area contributed by atoms with Gasteiger partial charge in [-0.2, -0.15) is 0 Å². The van der Waals surface area contributed by atoms with Crippen LogP contribution >= 0.6 is 12.4 Å². The van der Waals surface area contributed by atoms with E-state index in [1.54, 1.807) is 0 Å². The molecule has 26 heavy (non-hydrogen) atoms. The van der Waals surface area contributed by atoms with Gasteiger partial charge in [0, 0.05) is 0 Å². The molecule has 0 radical (unpaired) electrons. The highest BCUT2D eigenvalue weighted by Gasteiger charge is 2.40. The molecule has 0 amide bonds. The summed E-state index contributed by atoms with van der Waals surface area (Å²) in [5.41, 5.74) is 1.25. The molecular weight excluding hydrogens is 340 g/mol. The summed E-state index contributed by atoms with van der Waals surface area (Å²) in [6.07, 6.45) is 16.1. The number of piperidine rings is 1. The van der Waals surface area contributed by atoms with Gasteiger partial charge in [0.15, 0.2) is 0 Å². The maximum atomic E-state index is 2.78. The van der Waals surface area contributed by atoms with Gasteiger partial charge in [-0.15, -0.1) is 12.4 Å². The van der Waals surface area contributed by atoms with Crippen molar-refractivity contribution in [2.45, 2.75) is 91.4 Å². The molecule has 0 unspecified atom stereocenters. The van der Waals surface area contributed by atoms with E-state index in [1.165, 1.54) is 110 Å². The highest BCUT2D eigenvalue weighted by Crippen LogP contribution is 2.50. The van der Waals surface area contributed by atoms with Crippen molar-refractivity contribution in [3.63, 3.8) is 0 Å². The Labute approximate surface area is 169 Å². The highest BCUT2D eigenvalue weighted by molar-refractivity contribution is 5.85. The van der Waals surface area contributed by atoms with E-state index in [-0.39, 0.29) is 12.4 Å². The van der Waals surface area contributed by atoms with E-state index in [0.29, 0.717) is 5.41 Å². The largest absolute Gasteiger partial charge is 0.303 e. The van der Waals surface area contributed by atoms with Gasteiger partial charge in [0.25, 0.3) is 0 Å². The second kappa shape index (κ2) is 10.1. The van der Waals surface area contributed by atoms with Crippen molar-refractivity contribution >= 4 is 12.4 Å². The Morgan fingerprint density at radius 2 is 1.23 bits per heavy atom. The summed E-state index contributed by atoms with van der Waals surface area (Å²) in [5, 5.41) is 0. The van der Waals surface area contributed by atoms with Crippen LogP contribution in [0.2, 0.25) is 0 Å². The van der Waals surface area contributed by atoms with Crippen LogP contribution in [0.3, 0.4) is 0 Å². The molecule has 0 bridgehead atoms. The predicted molar refractivity (Wildman–Crippen MR) is 116 cm³/mol. The molecule has 154 valence electrons. The van der Waals surface area contributed by atoms with Crippen LogP contribution in [0.5, 0.6) is 0 Å². The summed E-state index contributed by atoms with van der Waals surface area (Å²) in [6, 6.07) is 0. The van der Waals surface area contributed by atoms with Crippen molar-refractivity contribution in [1.82, 2.24) is 9.80 Å². The minimum absolute atomic E-state index is 0. The molecule has 0 atom stereocenters. The van der Waals surface area contributed by atoms with Crippen LogP contribution in [0.25, 0.3) is 0 Å². The second-order valence-corrected chi connectivity index (χ2v) is 10.6. The highest BCUT2D eigenvalue weighted by atomic mass is 35.5. The summed E-state index contributed by atoms with van der Waals surface area (Å²) in [6.45, 7) is 15.5. The zero-order valence-electron chi connectivity index (χ0n) is 17.9. The van der Waals surface area contributed by atoms with E-state index in [0.717, 1.165) is 11.3 Å². The van der Waals surface area contributed by atoms with Gasteiger partial charge in [-0.1, -0.05) is 33.6 Å². The molecule has 0 N–H and O–H groups in total. The third-order valence-electron chi connectivity index (χ3n) is 7.84. The van der Waals surface area contributed by atoms with Crippen molar-refractivity contribution < 1.29 is 0 Å². The first-order valence-electron chi connectivity index (χ1n) is 11.4. The summed E-state index contributed by atoms with van der Waals surface area (Å²) in [7, 11) is 0. The summed E-state index contributed by atoms with van der Waals surface area (Å²) in [4.78, 5) is 5.51. The van der Waals surface area contributed by atoms with Gasteiger partial charge in [-0.3, -0.25) is 0 Å². The number of halogens is 1. The first kappa shape index (κ1) is 22.5. The fourth-order valence-corrected chi connectivity index (χ4v) is 5.72. The van der Waals surface area contributed by atoms with Crippen molar-refractivity contribution in [3.8, 4) is 0 Å².